The lowest BCUT2D eigenvalue weighted by atomic mass is 10.1. The molecule has 0 saturated heterocycles. The third-order valence-corrected chi connectivity index (χ3v) is 5.07. The number of nitrogens with zero attached hydrogens (tertiary/aromatic N) is 1. The Labute approximate surface area is 116 Å². The van der Waals surface area contributed by atoms with E-state index in [4.69, 9.17) is 5.73 Å². The van der Waals surface area contributed by atoms with Crippen molar-refractivity contribution in [2.45, 2.75) is 25.3 Å². The molecule has 0 aliphatic carbocycles. The number of hydrogen-bond acceptors (Lipinski definition) is 5. The topological polar surface area (TPSA) is 85.1 Å². The van der Waals surface area contributed by atoms with Gasteiger partial charge in [0.1, 0.15) is 0 Å². The van der Waals surface area contributed by atoms with Crippen molar-refractivity contribution < 1.29 is 8.42 Å². The first-order valence-electron chi connectivity index (χ1n) is 5.64. The van der Waals surface area contributed by atoms with E-state index in [0.29, 0.717) is 5.69 Å². The van der Waals surface area contributed by atoms with Gasteiger partial charge in [-0.1, -0.05) is 0 Å². The van der Waals surface area contributed by atoms with Gasteiger partial charge in [-0.05, 0) is 37.1 Å². The second-order valence-corrected chi connectivity index (χ2v) is 6.98. The molecule has 0 fully saturated rings. The third kappa shape index (κ3) is 3.12. The summed E-state index contributed by atoms with van der Waals surface area (Å²) in [5.74, 6) is 0. The largest absolute Gasteiger partial charge is 0.398 e. The summed E-state index contributed by atoms with van der Waals surface area (Å²) in [7, 11) is -3.55. The van der Waals surface area contributed by atoms with Crippen LogP contribution in [0.15, 0.2) is 28.7 Å². The molecule has 0 unspecified atom stereocenters. The zero-order chi connectivity index (χ0) is 14.0. The number of thiazole rings is 1. The number of aryl methyl sites for hydroxylation is 1. The normalized spacial score (nSPS) is 11.7. The van der Waals surface area contributed by atoms with E-state index in [1.807, 2.05) is 13.8 Å². The molecule has 0 aliphatic heterocycles. The molecule has 0 radical (unpaired) electrons. The Balaban J connectivity index is 2.24. The molecule has 19 heavy (non-hydrogen) atoms. The van der Waals surface area contributed by atoms with E-state index in [2.05, 4.69) is 9.71 Å². The quantitative estimate of drug-likeness (QED) is 0.843. The molecule has 2 rings (SSSR count). The Hall–Kier alpha value is -1.44. The van der Waals surface area contributed by atoms with E-state index in [1.165, 1.54) is 17.4 Å². The molecule has 1 aromatic heterocycles. The van der Waals surface area contributed by atoms with Crippen molar-refractivity contribution in [3.05, 3.63) is 39.8 Å². The Kier molecular flexibility index (Phi) is 3.88. The molecule has 0 spiro atoms. The van der Waals surface area contributed by atoms with Gasteiger partial charge in [0.25, 0.3) is 0 Å². The zero-order valence-electron chi connectivity index (χ0n) is 10.7. The van der Waals surface area contributed by atoms with Gasteiger partial charge in [0, 0.05) is 23.3 Å². The molecule has 0 amide bonds. The van der Waals surface area contributed by atoms with Crippen LogP contribution >= 0.6 is 11.3 Å². The van der Waals surface area contributed by atoms with E-state index in [-0.39, 0.29) is 11.4 Å². The van der Waals surface area contributed by atoms with Crippen LogP contribution in [0.5, 0.6) is 0 Å². The first-order valence-corrected chi connectivity index (χ1v) is 8.00. The standard InChI is InChI=1S/C12H15N3O2S2/c1-8-3-11(4-12(13)9(8)2)19(16,17)15-6-10-5-14-7-18-10/h3-5,7,15H,6,13H2,1-2H3. The zero-order valence-corrected chi connectivity index (χ0v) is 12.3. The second-order valence-electron chi connectivity index (χ2n) is 4.25. The summed E-state index contributed by atoms with van der Waals surface area (Å²) in [5.41, 5.74) is 9.72. The molecule has 3 N–H and O–H groups in total. The molecule has 5 nitrogen and oxygen atoms in total. The lowest BCUT2D eigenvalue weighted by Gasteiger charge is -2.10. The van der Waals surface area contributed by atoms with E-state index < -0.39 is 10.0 Å². The van der Waals surface area contributed by atoms with E-state index in [1.54, 1.807) is 17.8 Å². The minimum Gasteiger partial charge on any atom is -0.398 e. The SMILES string of the molecule is Cc1cc(S(=O)(=O)NCc2cncs2)cc(N)c1C. The predicted octanol–water partition coefficient (Wildman–Crippen LogP) is 1.82. The first kappa shape index (κ1) is 14.0. The van der Waals surface area contributed by atoms with Crippen LogP contribution in [-0.4, -0.2) is 13.4 Å². The average molecular weight is 297 g/mol. The molecule has 2 aromatic rings. The van der Waals surface area contributed by atoms with Gasteiger partial charge in [0.2, 0.25) is 10.0 Å². The Morgan fingerprint density at radius 1 is 1.37 bits per heavy atom. The average Bonchev–Trinajstić information content (AvgIpc) is 2.86. The lowest BCUT2D eigenvalue weighted by Crippen LogP contribution is -2.23. The molecule has 0 saturated carbocycles. The maximum Gasteiger partial charge on any atom is 0.240 e. The van der Waals surface area contributed by atoms with Gasteiger partial charge < -0.3 is 5.73 Å². The van der Waals surface area contributed by atoms with Crippen LogP contribution in [0.4, 0.5) is 5.69 Å². The fourth-order valence-electron chi connectivity index (χ4n) is 1.59. The Bertz CT molecular complexity index is 656. The molecule has 1 heterocycles. The van der Waals surface area contributed by atoms with Crippen LogP contribution in [0.2, 0.25) is 0 Å². The first-order chi connectivity index (χ1) is 8.90. The summed E-state index contributed by atoms with van der Waals surface area (Å²) in [5, 5.41) is 0. The number of nitrogen functional groups attached to an aromatic ring is 1. The van der Waals surface area contributed by atoms with Crippen molar-refractivity contribution in [2.75, 3.05) is 5.73 Å². The van der Waals surface area contributed by atoms with Crippen LogP contribution in [-0.2, 0) is 16.6 Å². The van der Waals surface area contributed by atoms with Crippen molar-refractivity contribution in [3.63, 3.8) is 0 Å². The summed E-state index contributed by atoms with van der Waals surface area (Å²) in [6.07, 6.45) is 1.64. The molecule has 0 atom stereocenters. The highest BCUT2D eigenvalue weighted by molar-refractivity contribution is 7.89. The van der Waals surface area contributed by atoms with Crippen LogP contribution in [0.1, 0.15) is 16.0 Å². The molecular formula is C12H15N3O2S2. The summed E-state index contributed by atoms with van der Waals surface area (Å²) in [6.45, 7) is 3.94. The molecule has 102 valence electrons. The van der Waals surface area contributed by atoms with Gasteiger partial charge in [-0.15, -0.1) is 11.3 Å². The Morgan fingerprint density at radius 2 is 2.11 bits per heavy atom. The third-order valence-electron chi connectivity index (χ3n) is 2.91. The maximum absolute atomic E-state index is 12.2. The van der Waals surface area contributed by atoms with Gasteiger partial charge in [-0.25, -0.2) is 13.1 Å². The van der Waals surface area contributed by atoms with E-state index >= 15 is 0 Å². The van der Waals surface area contributed by atoms with Gasteiger partial charge >= 0.3 is 0 Å². The highest BCUT2D eigenvalue weighted by Crippen LogP contribution is 2.21. The van der Waals surface area contributed by atoms with Crippen LogP contribution in [0.25, 0.3) is 0 Å². The molecule has 0 bridgehead atoms. The highest BCUT2D eigenvalue weighted by atomic mass is 32.2. The van der Waals surface area contributed by atoms with Crippen LogP contribution in [0, 0.1) is 13.8 Å². The van der Waals surface area contributed by atoms with Crippen molar-refractivity contribution in [1.82, 2.24) is 9.71 Å². The fourth-order valence-corrected chi connectivity index (χ4v) is 3.34. The number of anilines is 1. The molecule has 1 aromatic carbocycles. The maximum atomic E-state index is 12.2. The number of rotatable bonds is 4. The minimum atomic E-state index is -3.55. The van der Waals surface area contributed by atoms with Gasteiger partial charge in [0.15, 0.2) is 0 Å². The minimum absolute atomic E-state index is 0.192. The summed E-state index contributed by atoms with van der Waals surface area (Å²) < 4.78 is 26.9. The molecule has 7 heteroatoms. The van der Waals surface area contributed by atoms with Crippen molar-refractivity contribution in [3.8, 4) is 0 Å². The Morgan fingerprint density at radius 3 is 2.68 bits per heavy atom. The van der Waals surface area contributed by atoms with Gasteiger partial charge in [-0.3, -0.25) is 4.98 Å². The summed E-state index contributed by atoms with van der Waals surface area (Å²) in [4.78, 5) is 4.95. The monoisotopic (exact) mass is 297 g/mol. The smallest absolute Gasteiger partial charge is 0.240 e. The number of sulfonamides is 1. The van der Waals surface area contributed by atoms with Crippen LogP contribution < -0.4 is 10.5 Å². The number of nitrogens with two attached hydrogens (primary N) is 1. The van der Waals surface area contributed by atoms with E-state index in [0.717, 1.165) is 16.0 Å². The number of aromatic nitrogens is 1. The van der Waals surface area contributed by atoms with Crippen molar-refractivity contribution in [1.29, 1.82) is 0 Å². The number of benzene rings is 1. The molecule has 0 aliphatic rings. The van der Waals surface area contributed by atoms with Crippen molar-refractivity contribution >= 4 is 27.0 Å². The predicted molar refractivity (Wildman–Crippen MR) is 76.5 cm³/mol. The van der Waals surface area contributed by atoms with Crippen LogP contribution in [0.3, 0.4) is 0 Å². The fraction of sp³-hybridized carbons (Fsp3) is 0.250. The number of nitrogens with one attached hydrogen (secondary N) is 1. The lowest BCUT2D eigenvalue weighted by molar-refractivity contribution is 0.581. The molecular weight excluding hydrogens is 282 g/mol. The highest BCUT2D eigenvalue weighted by Gasteiger charge is 2.16. The van der Waals surface area contributed by atoms with Crippen molar-refractivity contribution in [2.24, 2.45) is 0 Å². The summed E-state index contributed by atoms with van der Waals surface area (Å²) in [6, 6.07) is 3.11. The van der Waals surface area contributed by atoms with E-state index in [9.17, 15) is 8.42 Å². The number of hydrogen-bond donors (Lipinski definition) is 2. The second kappa shape index (κ2) is 5.28. The van der Waals surface area contributed by atoms with Gasteiger partial charge in [0.05, 0.1) is 10.4 Å². The van der Waals surface area contributed by atoms with Gasteiger partial charge in [-0.2, -0.15) is 0 Å². The summed E-state index contributed by atoms with van der Waals surface area (Å²) >= 11 is 1.40.